The van der Waals surface area contributed by atoms with Crippen molar-refractivity contribution in [3.05, 3.63) is 64.9 Å². The van der Waals surface area contributed by atoms with Crippen molar-refractivity contribution in [2.45, 2.75) is 6.92 Å². The smallest absolute Gasteiger partial charge is 0.250 e. The van der Waals surface area contributed by atoms with Gasteiger partial charge in [-0.05, 0) is 42.8 Å². The van der Waals surface area contributed by atoms with Gasteiger partial charge in [-0.3, -0.25) is 4.79 Å². The van der Waals surface area contributed by atoms with Crippen LogP contribution in [-0.2, 0) is 0 Å². The van der Waals surface area contributed by atoms with Gasteiger partial charge in [0.15, 0.2) is 0 Å². The number of fused-ring (bicyclic) bond motifs is 1. The van der Waals surface area contributed by atoms with Gasteiger partial charge in [-0.25, -0.2) is 4.98 Å². The first kappa shape index (κ1) is 15.5. The van der Waals surface area contributed by atoms with E-state index in [9.17, 15) is 4.79 Å². The summed E-state index contributed by atoms with van der Waals surface area (Å²) in [5.41, 5.74) is 11.1. The highest BCUT2D eigenvalue weighted by molar-refractivity contribution is 6.31. The average Bonchev–Trinajstić information content (AvgIpc) is 3.23. The molecule has 4 aromatic rings. The molecule has 0 bridgehead atoms. The summed E-state index contributed by atoms with van der Waals surface area (Å²) in [6.45, 7) is 1.97. The van der Waals surface area contributed by atoms with Gasteiger partial charge in [-0.2, -0.15) is 0 Å². The Morgan fingerprint density at radius 3 is 2.80 bits per heavy atom. The third kappa shape index (κ3) is 2.58. The Hall–Kier alpha value is -3.05. The van der Waals surface area contributed by atoms with Crippen LogP contribution in [0.2, 0.25) is 5.02 Å². The van der Waals surface area contributed by atoms with E-state index in [4.69, 9.17) is 17.3 Å². The van der Waals surface area contributed by atoms with E-state index in [1.54, 1.807) is 12.3 Å². The normalized spacial score (nSPS) is 11.1. The first-order chi connectivity index (χ1) is 12.0. The van der Waals surface area contributed by atoms with Gasteiger partial charge < -0.3 is 15.7 Å². The van der Waals surface area contributed by atoms with E-state index < -0.39 is 5.91 Å². The molecule has 3 heterocycles. The summed E-state index contributed by atoms with van der Waals surface area (Å²) in [5, 5.41) is 1.57. The predicted molar refractivity (Wildman–Crippen MR) is 99.6 cm³/mol. The number of benzene rings is 1. The second kappa shape index (κ2) is 5.79. The Labute approximate surface area is 148 Å². The van der Waals surface area contributed by atoms with Gasteiger partial charge in [0.1, 0.15) is 5.65 Å². The molecular weight excluding hydrogens is 336 g/mol. The van der Waals surface area contributed by atoms with Crippen LogP contribution in [-0.4, -0.2) is 20.9 Å². The number of nitrogens with zero attached hydrogens (tertiary/aromatic N) is 1. The number of rotatable bonds is 3. The molecule has 25 heavy (non-hydrogen) atoms. The van der Waals surface area contributed by atoms with Crippen LogP contribution >= 0.6 is 11.6 Å². The van der Waals surface area contributed by atoms with Gasteiger partial charge in [0, 0.05) is 39.6 Å². The number of amides is 1. The number of hydrogen-bond acceptors (Lipinski definition) is 2. The highest BCUT2D eigenvalue weighted by atomic mass is 35.5. The first-order valence-electron chi connectivity index (χ1n) is 7.76. The quantitative estimate of drug-likeness (QED) is 0.514. The molecule has 0 aliphatic rings. The second-order valence-corrected chi connectivity index (χ2v) is 6.33. The van der Waals surface area contributed by atoms with Crippen molar-refractivity contribution in [3.8, 4) is 22.5 Å². The molecule has 0 saturated heterocycles. The summed E-state index contributed by atoms with van der Waals surface area (Å²) in [6, 6.07) is 11.2. The summed E-state index contributed by atoms with van der Waals surface area (Å²) in [6.07, 6.45) is 3.56. The number of H-pyrrole nitrogens is 2. The number of carbonyl (C=O) groups excluding carboxylic acids is 1. The molecule has 5 nitrogen and oxygen atoms in total. The van der Waals surface area contributed by atoms with Crippen molar-refractivity contribution in [1.29, 1.82) is 0 Å². The van der Waals surface area contributed by atoms with Crippen LogP contribution in [0.5, 0.6) is 0 Å². The zero-order chi connectivity index (χ0) is 17.6. The van der Waals surface area contributed by atoms with Crippen molar-refractivity contribution in [3.63, 3.8) is 0 Å². The van der Waals surface area contributed by atoms with Gasteiger partial charge in [0.25, 0.3) is 5.91 Å². The monoisotopic (exact) mass is 350 g/mol. The van der Waals surface area contributed by atoms with E-state index in [-0.39, 0.29) is 0 Å². The lowest BCUT2D eigenvalue weighted by Crippen LogP contribution is -2.11. The van der Waals surface area contributed by atoms with E-state index in [0.29, 0.717) is 16.3 Å². The number of nitrogens with one attached hydrogen (secondary N) is 2. The predicted octanol–water partition coefficient (Wildman–Crippen LogP) is 4.29. The van der Waals surface area contributed by atoms with Crippen LogP contribution in [0.4, 0.5) is 0 Å². The van der Waals surface area contributed by atoms with E-state index in [1.165, 1.54) is 0 Å². The molecule has 0 saturated carbocycles. The maximum Gasteiger partial charge on any atom is 0.250 e. The maximum absolute atomic E-state index is 12.0. The number of aryl methyl sites for hydroxylation is 1. The number of primary amides is 1. The fourth-order valence-corrected chi connectivity index (χ4v) is 3.24. The summed E-state index contributed by atoms with van der Waals surface area (Å²) in [4.78, 5) is 22.7. The third-order valence-electron chi connectivity index (χ3n) is 4.30. The largest absolute Gasteiger partial charge is 0.366 e. The lowest BCUT2D eigenvalue weighted by Gasteiger charge is -2.07. The fraction of sp³-hybridized carbons (Fsp3) is 0.0526. The molecule has 0 fully saturated rings. The lowest BCUT2D eigenvalue weighted by molar-refractivity contribution is 0.100. The minimum atomic E-state index is -0.490. The number of carbonyl (C=O) groups is 1. The number of hydrogen-bond donors (Lipinski definition) is 3. The van der Waals surface area contributed by atoms with Gasteiger partial charge in [-0.1, -0.05) is 17.7 Å². The van der Waals surface area contributed by atoms with Crippen LogP contribution in [0.3, 0.4) is 0 Å². The minimum Gasteiger partial charge on any atom is -0.366 e. The number of pyridine rings is 1. The van der Waals surface area contributed by atoms with Crippen molar-refractivity contribution >= 4 is 28.5 Å². The number of nitrogens with two attached hydrogens (primary N) is 1. The molecule has 1 aromatic carbocycles. The molecule has 1 amide bonds. The van der Waals surface area contributed by atoms with Crippen molar-refractivity contribution < 1.29 is 4.79 Å². The van der Waals surface area contributed by atoms with E-state index >= 15 is 0 Å². The molecule has 3 aromatic heterocycles. The standard InChI is InChI=1S/C19H15ClN4O/c1-10-2-3-11(20)8-14(10)17-15(18(21)25)9-16(24-17)12-4-6-22-19-13(12)5-7-23-19/h2-9,24H,1H3,(H2,21,25)(H,22,23). The Morgan fingerprint density at radius 1 is 1.16 bits per heavy atom. The van der Waals surface area contributed by atoms with Crippen molar-refractivity contribution in [1.82, 2.24) is 15.0 Å². The highest BCUT2D eigenvalue weighted by Gasteiger charge is 2.18. The molecule has 0 spiro atoms. The molecular formula is C19H15ClN4O. The summed E-state index contributed by atoms with van der Waals surface area (Å²) < 4.78 is 0. The fourth-order valence-electron chi connectivity index (χ4n) is 3.07. The minimum absolute atomic E-state index is 0.431. The zero-order valence-electron chi connectivity index (χ0n) is 13.4. The third-order valence-corrected chi connectivity index (χ3v) is 4.54. The van der Waals surface area contributed by atoms with Gasteiger partial charge in [0.2, 0.25) is 0 Å². The van der Waals surface area contributed by atoms with E-state index in [2.05, 4.69) is 15.0 Å². The molecule has 0 radical (unpaired) electrons. The number of aromatic nitrogens is 3. The number of halogens is 1. The molecule has 0 aliphatic carbocycles. The van der Waals surface area contributed by atoms with Crippen LogP contribution in [0.15, 0.2) is 48.8 Å². The zero-order valence-corrected chi connectivity index (χ0v) is 14.2. The molecule has 4 N–H and O–H groups in total. The Kier molecular flexibility index (Phi) is 3.58. The number of aromatic amines is 2. The Morgan fingerprint density at radius 2 is 2.00 bits per heavy atom. The first-order valence-corrected chi connectivity index (χ1v) is 8.14. The van der Waals surface area contributed by atoms with Crippen LogP contribution in [0, 0.1) is 6.92 Å². The molecule has 6 heteroatoms. The van der Waals surface area contributed by atoms with Crippen molar-refractivity contribution in [2.24, 2.45) is 5.73 Å². The summed E-state index contributed by atoms with van der Waals surface area (Å²) in [5.74, 6) is -0.490. The summed E-state index contributed by atoms with van der Waals surface area (Å²) in [7, 11) is 0. The van der Waals surface area contributed by atoms with Crippen molar-refractivity contribution in [2.75, 3.05) is 0 Å². The van der Waals surface area contributed by atoms with Gasteiger partial charge >= 0.3 is 0 Å². The van der Waals surface area contributed by atoms with Gasteiger partial charge in [-0.15, -0.1) is 0 Å². The molecule has 4 rings (SSSR count). The molecule has 0 unspecified atom stereocenters. The van der Waals surface area contributed by atoms with E-state index in [0.717, 1.165) is 33.4 Å². The van der Waals surface area contributed by atoms with Gasteiger partial charge in [0.05, 0.1) is 11.3 Å². The molecule has 124 valence electrons. The Balaban J connectivity index is 1.97. The molecule has 0 atom stereocenters. The second-order valence-electron chi connectivity index (χ2n) is 5.89. The average molecular weight is 351 g/mol. The van der Waals surface area contributed by atoms with Crippen LogP contribution in [0.1, 0.15) is 15.9 Å². The topological polar surface area (TPSA) is 87.6 Å². The summed E-state index contributed by atoms with van der Waals surface area (Å²) >= 11 is 6.14. The van der Waals surface area contributed by atoms with E-state index in [1.807, 2.05) is 43.5 Å². The lowest BCUT2D eigenvalue weighted by atomic mass is 10.0. The maximum atomic E-state index is 12.0. The van der Waals surface area contributed by atoms with Crippen LogP contribution in [0.25, 0.3) is 33.5 Å². The highest BCUT2D eigenvalue weighted by Crippen LogP contribution is 2.34. The molecule has 0 aliphatic heterocycles. The van der Waals surface area contributed by atoms with Crippen LogP contribution < -0.4 is 5.73 Å². The Bertz CT molecular complexity index is 1110. The SMILES string of the molecule is Cc1ccc(Cl)cc1-c1[nH]c(-c2ccnc3[nH]ccc23)cc1C(N)=O.